The van der Waals surface area contributed by atoms with E-state index in [1.807, 2.05) is 19.9 Å². The van der Waals surface area contributed by atoms with Crippen molar-refractivity contribution in [2.24, 2.45) is 0 Å². The number of aryl methyl sites for hydroxylation is 1. The molecule has 20 heavy (non-hydrogen) atoms. The van der Waals surface area contributed by atoms with Gasteiger partial charge in [0, 0.05) is 18.0 Å². The third-order valence-corrected chi connectivity index (χ3v) is 3.21. The Hall–Kier alpha value is -2.01. The Morgan fingerprint density at radius 2 is 2.25 bits per heavy atom. The number of methoxy groups -OCH3 is 1. The standard InChI is InChI=1S/C15H20N2O3/c1-4-11-8-17-15(20-11)9-16-10(2)13-7-12(19-3)5-6-14(13)18/h5-8,10,16,18H,4,9H2,1-3H3. The maximum Gasteiger partial charge on any atom is 0.208 e. The van der Waals surface area contributed by atoms with Gasteiger partial charge in [0.1, 0.15) is 17.3 Å². The molecule has 1 aromatic heterocycles. The summed E-state index contributed by atoms with van der Waals surface area (Å²) in [7, 11) is 1.60. The molecule has 2 N–H and O–H groups in total. The molecule has 5 heteroatoms. The summed E-state index contributed by atoms with van der Waals surface area (Å²) in [4.78, 5) is 4.19. The number of benzene rings is 1. The van der Waals surface area contributed by atoms with Gasteiger partial charge in [0.05, 0.1) is 19.9 Å². The molecule has 108 valence electrons. The highest BCUT2D eigenvalue weighted by atomic mass is 16.5. The second kappa shape index (κ2) is 6.43. The lowest BCUT2D eigenvalue weighted by Crippen LogP contribution is -2.18. The number of oxazole rings is 1. The van der Waals surface area contributed by atoms with Gasteiger partial charge in [-0.2, -0.15) is 0 Å². The Morgan fingerprint density at radius 3 is 2.90 bits per heavy atom. The average molecular weight is 276 g/mol. The normalized spacial score (nSPS) is 12.3. The Kier molecular flexibility index (Phi) is 4.63. The molecule has 1 heterocycles. The van der Waals surface area contributed by atoms with Gasteiger partial charge < -0.3 is 19.6 Å². The van der Waals surface area contributed by atoms with Crippen molar-refractivity contribution in [3.63, 3.8) is 0 Å². The lowest BCUT2D eigenvalue weighted by molar-refractivity contribution is 0.401. The van der Waals surface area contributed by atoms with Gasteiger partial charge in [0.2, 0.25) is 5.89 Å². The molecule has 2 rings (SSSR count). The topological polar surface area (TPSA) is 67.5 Å². The van der Waals surface area contributed by atoms with E-state index in [0.717, 1.165) is 23.5 Å². The SMILES string of the molecule is CCc1cnc(CNC(C)c2cc(OC)ccc2O)o1. The molecule has 0 aliphatic heterocycles. The van der Waals surface area contributed by atoms with Crippen LogP contribution in [0.1, 0.15) is 37.1 Å². The zero-order chi connectivity index (χ0) is 14.5. The van der Waals surface area contributed by atoms with Crippen molar-refractivity contribution in [3.05, 3.63) is 41.6 Å². The first-order valence-electron chi connectivity index (χ1n) is 6.68. The fraction of sp³-hybridized carbons (Fsp3) is 0.400. The second-order valence-corrected chi connectivity index (χ2v) is 4.60. The van der Waals surface area contributed by atoms with Crippen LogP contribution in [0.5, 0.6) is 11.5 Å². The number of hydrogen-bond donors (Lipinski definition) is 2. The highest BCUT2D eigenvalue weighted by Crippen LogP contribution is 2.28. The number of rotatable bonds is 6. The van der Waals surface area contributed by atoms with Gasteiger partial charge in [-0.05, 0) is 25.1 Å². The number of aromatic nitrogens is 1. The largest absolute Gasteiger partial charge is 0.508 e. The molecule has 0 saturated carbocycles. The van der Waals surface area contributed by atoms with Gasteiger partial charge in [-0.1, -0.05) is 6.92 Å². The van der Waals surface area contributed by atoms with Crippen LogP contribution >= 0.6 is 0 Å². The van der Waals surface area contributed by atoms with Crippen LogP contribution in [0.25, 0.3) is 0 Å². The van der Waals surface area contributed by atoms with Crippen molar-refractivity contribution in [2.75, 3.05) is 7.11 Å². The summed E-state index contributed by atoms with van der Waals surface area (Å²) in [6.07, 6.45) is 2.57. The quantitative estimate of drug-likeness (QED) is 0.849. The number of nitrogens with one attached hydrogen (secondary N) is 1. The smallest absolute Gasteiger partial charge is 0.208 e. The van der Waals surface area contributed by atoms with Crippen LogP contribution in [0, 0.1) is 0 Å². The maximum absolute atomic E-state index is 9.91. The summed E-state index contributed by atoms with van der Waals surface area (Å²) in [5, 5.41) is 13.2. The van der Waals surface area contributed by atoms with E-state index in [2.05, 4.69) is 10.3 Å². The predicted octanol–water partition coefficient (Wildman–Crippen LogP) is 2.80. The van der Waals surface area contributed by atoms with E-state index in [0.29, 0.717) is 12.4 Å². The number of phenols is 1. The number of nitrogens with zero attached hydrogens (tertiary/aromatic N) is 1. The van der Waals surface area contributed by atoms with Crippen molar-refractivity contribution in [3.8, 4) is 11.5 Å². The first-order valence-corrected chi connectivity index (χ1v) is 6.68. The molecule has 0 bridgehead atoms. The zero-order valence-corrected chi connectivity index (χ0v) is 12.0. The third kappa shape index (κ3) is 3.30. The van der Waals surface area contributed by atoms with Crippen LogP contribution in [0.4, 0.5) is 0 Å². The van der Waals surface area contributed by atoms with Gasteiger partial charge >= 0.3 is 0 Å². The highest BCUT2D eigenvalue weighted by molar-refractivity contribution is 5.41. The summed E-state index contributed by atoms with van der Waals surface area (Å²) < 4.78 is 10.7. The molecule has 0 aliphatic rings. The van der Waals surface area contributed by atoms with Gasteiger partial charge in [-0.15, -0.1) is 0 Å². The summed E-state index contributed by atoms with van der Waals surface area (Å²) in [6.45, 7) is 4.50. The summed E-state index contributed by atoms with van der Waals surface area (Å²) >= 11 is 0. The van der Waals surface area contributed by atoms with Crippen LogP contribution in [-0.4, -0.2) is 17.2 Å². The van der Waals surface area contributed by atoms with Gasteiger partial charge in [-0.3, -0.25) is 0 Å². The Balaban J connectivity index is 2.02. The predicted molar refractivity (Wildman–Crippen MR) is 75.8 cm³/mol. The van der Waals surface area contributed by atoms with E-state index in [9.17, 15) is 5.11 Å². The van der Waals surface area contributed by atoms with Crippen molar-refractivity contribution in [2.45, 2.75) is 32.9 Å². The molecule has 0 spiro atoms. The van der Waals surface area contributed by atoms with Gasteiger partial charge in [0.15, 0.2) is 0 Å². The van der Waals surface area contributed by atoms with E-state index in [-0.39, 0.29) is 11.8 Å². The minimum atomic E-state index is -0.0397. The van der Waals surface area contributed by atoms with E-state index in [1.165, 1.54) is 0 Å². The molecule has 1 atom stereocenters. The van der Waals surface area contributed by atoms with E-state index in [1.54, 1.807) is 25.4 Å². The van der Waals surface area contributed by atoms with Crippen LogP contribution in [0.3, 0.4) is 0 Å². The van der Waals surface area contributed by atoms with Gasteiger partial charge in [0.25, 0.3) is 0 Å². The number of aromatic hydroxyl groups is 1. The minimum Gasteiger partial charge on any atom is -0.508 e. The van der Waals surface area contributed by atoms with Gasteiger partial charge in [-0.25, -0.2) is 4.98 Å². The monoisotopic (exact) mass is 276 g/mol. The molecule has 0 saturated heterocycles. The Bertz CT molecular complexity index is 566. The molecule has 1 aromatic carbocycles. The average Bonchev–Trinajstić information content (AvgIpc) is 2.93. The number of hydrogen-bond acceptors (Lipinski definition) is 5. The fourth-order valence-corrected chi connectivity index (χ4v) is 1.95. The van der Waals surface area contributed by atoms with Crippen LogP contribution in [0.2, 0.25) is 0 Å². The minimum absolute atomic E-state index is 0.0397. The van der Waals surface area contributed by atoms with Crippen molar-refractivity contribution < 1.29 is 14.3 Å². The van der Waals surface area contributed by atoms with Crippen LogP contribution in [0.15, 0.2) is 28.8 Å². The fourth-order valence-electron chi connectivity index (χ4n) is 1.95. The molecule has 0 fully saturated rings. The first kappa shape index (κ1) is 14.4. The van der Waals surface area contributed by atoms with Crippen LogP contribution < -0.4 is 10.1 Å². The number of phenolic OH excluding ortho intramolecular Hbond substituents is 1. The van der Waals surface area contributed by atoms with Crippen LogP contribution in [-0.2, 0) is 13.0 Å². The Morgan fingerprint density at radius 1 is 1.45 bits per heavy atom. The van der Waals surface area contributed by atoms with E-state index >= 15 is 0 Å². The number of ether oxygens (including phenoxy) is 1. The molecule has 1 unspecified atom stereocenters. The first-order chi connectivity index (χ1) is 9.63. The van der Waals surface area contributed by atoms with Crippen molar-refractivity contribution >= 4 is 0 Å². The summed E-state index contributed by atoms with van der Waals surface area (Å²) in [5.74, 6) is 2.48. The van der Waals surface area contributed by atoms with Crippen molar-refractivity contribution in [1.82, 2.24) is 10.3 Å². The summed E-state index contributed by atoms with van der Waals surface area (Å²) in [6, 6.07) is 5.14. The maximum atomic E-state index is 9.91. The molecular weight excluding hydrogens is 256 g/mol. The second-order valence-electron chi connectivity index (χ2n) is 4.60. The lowest BCUT2D eigenvalue weighted by Gasteiger charge is -2.15. The zero-order valence-electron chi connectivity index (χ0n) is 12.0. The van der Waals surface area contributed by atoms with E-state index < -0.39 is 0 Å². The molecule has 0 radical (unpaired) electrons. The molecule has 2 aromatic rings. The molecular formula is C15H20N2O3. The Labute approximate surface area is 118 Å². The lowest BCUT2D eigenvalue weighted by atomic mass is 10.1. The third-order valence-electron chi connectivity index (χ3n) is 3.21. The van der Waals surface area contributed by atoms with Crippen molar-refractivity contribution in [1.29, 1.82) is 0 Å². The molecule has 0 amide bonds. The molecule has 5 nitrogen and oxygen atoms in total. The highest BCUT2D eigenvalue weighted by Gasteiger charge is 2.12. The van der Waals surface area contributed by atoms with E-state index in [4.69, 9.17) is 9.15 Å². The summed E-state index contributed by atoms with van der Waals surface area (Å²) in [5.41, 5.74) is 0.784. The molecule has 0 aliphatic carbocycles.